The van der Waals surface area contributed by atoms with Crippen LogP contribution < -0.4 is 11.0 Å². The van der Waals surface area contributed by atoms with Crippen LogP contribution in [0, 0.1) is 0 Å². The summed E-state index contributed by atoms with van der Waals surface area (Å²) in [4.78, 5) is 28.2. The van der Waals surface area contributed by atoms with Crippen molar-refractivity contribution in [3.05, 3.63) is 58.6 Å². The minimum Gasteiger partial charge on any atom is -0.394 e. The number of carbonyl (C=O) groups excluding carboxylic acids is 1. The highest BCUT2D eigenvalue weighted by Crippen LogP contribution is 2.37. The molecule has 2 heterocycles. The molecule has 0 bridgehead atoms. The number of rotatable bonds is 4. The number of benzene rings is 1. The van der Waals surface area contributed by atoms with Crippen LogP contribution in [0.4, 0.5) is 5.82 Å². The molecule has 2 aromatic rings. The molecule has 1 aliphatic rings. The molecule has 3 rings (SSSR count). The average molecular weight is 361 g/mol. The summed E-state index contributed by atoms with van der Waals surface area (Å²) in [7, 11) is 0. The van der Waals surface area contributed by atoms with Gasteiger partial charge in [0.05, 0.1) is 6.61 Å². The Hall–Kier alpha value is -2.59. The zero-order valence-corrected chi connectivity index (χ0v) is 13.9. The van der Waals surface area contributed by atoms with Crippen molar-refractivity contribution in [2.45, 2.75) is 31.0 Å². The van der Waals surface area contributed by atoms with Crippen molar-refractivity contribution < 1.29 is 24.9 Å². The molecule has 1 aromatic heterocycles. The summed E-state index contributed by atoms with van der Waals surface area (Å²) >= 11 is 0. The number of aliphatic hydroxyl groups excluding tert-OH is 2. The molecule has 0 radical (unpaired) electrons. The maximum Gasteiger partial charge on any atom is 0.351 e. The van der Waals surface area contributed by atoms with E-state index in [1.54, 1.807) is 30.3 Å². The first-order valence-corrected chi connectivity index (χ1v) is 7.97. The Labute approximate surface area is 148 Å². The van der Waals surface area contributed by atoms with Gasteiger partial charge < -0.3 is 25.4 Å². The average Bonchev–Trinajstić information content (AvgIpc) is 2.85. The lowest BCUT2D eigenvalue weighted by Crippen LogP contribution is -2.46. The topological polar surface area (TPSA) is 134 Å². The number of ether oxygens (including phenoxy) is 1. The van der Waals surface area contributed by atoms with Gasteiger partial charge in [-0.25, -0.2) is 4.79 Å². The van der Waals surface area contributed by atoms with E-state index in [1.807, 2.05) is 0 Å². The number of anilines is 1. The molecule has 1 amide bonds. The number of aliphatic hydroxyl groups is 3. The summed E-state index contributed by atoms with van der Waals surface area (Å²) in [6, 6.07) is 9.82. The molecule has 0 spiro atoms. The Morgan fingerprint density at radius 2 is 2.04 bits per heavy atom. The number of hydrogen-bond acceptors (Lipinski definition) is 7. The fourth-order valence-electron chi connectivity index (χ4n) is 2.83. The quantitative estimate of drug-likeness (QED) is 0.577. The monoisotopic (exact) mass is 361 g/mol. The van der Waals surface area contributed by atoms with Gasteiger partial charge in [0.25, 0.3) is 5.91 Å². The summed E-state index contributed by atoms with van der Waals surface area (Å²) < 4.78 is 6.38. The smallest absolute Gasteiger partial charge is 0.351 e. The van der Waals surface area contributed by atoms with E-state index in [2.05, 4.69) is 10.3 Å². The number of amides is 1. The molecular formula is C17H19N3O6. The lowest BCUT2D eigenvalue weighted by Gasteiger charge is -2.27. The third-order valence-electron chi connectivity index (χ3n) is 4.29. The maximum absolute atomic E-state index is 12.3. The van der Waals surface area contributed by atoms with E-state index in [1.165, 1.54) is 19.2 Å². The molecule has 1 fully saturated rings. The summed E-state index contributed by atoms with van der Waals surface area (Å²) in [5, 5.41) is 32.2. The van der Waals surface area contributed by atoms with Crippen molar-refractivity contribution in [1.82, 2.24) is 9.55 Å². The first-order valence-electron chi connectivity index (χ1n) is 7.97. The van der Waals surface area contributed by atoms with Crippen molar-refractivity contribution in [2.75, 3.05) is 11.9 Å². The third kappa shape index (κ3) is 3.25. The Balaban J connectivity index is 1.82. The molecule has 0 aliphatic carbocycles. The van der Waals surface area contributed by atoms with Gasteiger partial charge in [-0.05, 0) is 25.1 Å². The Kier molecular flexibility index (Phi) is 4.88. The number of aromatic nitrogens is 2. The second kappa shape index (κ2) is 6.96. The van der Waals surface area contributed by atoms with Crippen molar-refractivity contribution in [1.29, 1.82) is 0 Å². The van der Waals surface area contributed by atoms with E-state index < -0.39 is 42.2 Å². The van der Waals surface area contributed by atoms with E-state index in [9.17, 15) is 24.9 Å². The first-order chi connectivity index (χ1) is 12.3. The number of carbonyl (C=O) groups is 1. The number of nitrogens with zero attached hydrogens (tertiary/aromatic N) is 2. The molecule has 138 valence electrons. The van der Waals surface area contributed by atoms with Gasteiger partial charge in [-0.1, -0.05) is 18.2 Å². The molecule has 0 saturated carbocycles. The van der Waals surface area contributed by atoms with Crippen LogP contribution in [0.5, 0.6) is 0 Å². The summed E-state index contributed by atoms with van der Waals surface area (Å²) in [5.74, 6) is -0.382. The molecule has 26 heavy (non-hydrogen) atoms. The van der Waals surface area contributed by atoms with Gasteiger partial charge in [-0.2, -0.15) is 4.98 Å². The van der Waals surface area contributed by atoms with E-state index in [0.29, 0.717) is 5.56 Å². The van der Waals surface area contributed by atoms with Crippen LogP contribution in [0.15, 0.2) is 47.4 Å². The summed E-state index contributed by atoms with van der Waals surface area (Å²) in [5.41, 5.74) is -2.17. The Bertz CT molecular complexity index is 851. The normalized spacial score (nSPS) is 28.1. The van der Waals surface area contributed by atoms with E-state index in [0.717, 1.165) is 4.57 Å². The number of nitrogens with one attached hydrogen (secondary N) is 1. The van der Waals surface area contributed by atoms with Crippen molar-refractivity contribution in [2.24, 2.45) is 0 Å². The van der Waals surface area contributed by atoms with Crippen molar-refractivity contribution >= 4 is 11.7 Å². The standard InChI is InChI=1S/C17H19N3O6/c1-17(25)13(22)11(9-21)26-15(17)20-8-7-12(19-16(20)24)18-14(23)10-5-3-2-4-6-10/h2-8,11,13,15,21-22,25H,9H2,1H3,(H,18,19,23,24)/t11-,13+,15-,17?/m1/s1. The summed E-state index contributed by atoms with van der Waals surface area (Å²) in [6.45, 7) is 0.788. The number of hydrogen-bond donors (Lipinski definition) is 4. The van der Waals surface area contributed by atoms with Gasteiger partial charge >= 0.3 is 5.69 Å². The Morgan fingerprint density at radius 3 is 2.62 bits per heavy atom. The van der Waals surface area contributed by atoms with Crippen LogP contribution >= 0.6 is 0 Å². The van der Waals surface area contributed by atoms with Crippen LogP contribution in [-0.2, 0) is 4.74 Å². The van der Waals surface area contributed by atoms with Gasteiger partial charge in [0.2, 0.25) is 0 Å². The molecule has 9 heteroatoms. The highest BCUT2D eigenvalue weighted by molar-refractivity contribution is 6.03. The summed E-state index contributed by atoms with van der Waals surface area (Å²) in [6.07, 6.45) is -2.34. The van der Waals surface area contributed by atoms with Gasteiger partial charge in [-0.3, -0.25) is 9.36 Å². The van der Waals surface area contributed by atoms with Gasteiger partial charge in [0, 0.05) is 11.8 Å². The van der Waals surface area contributed by atoms with Crippen LogP contribution in [0.2, 0.25) is 0 Å². The lowest BCUT2D eigenvalue weighted by molar-refractivity contribution is -0.0986. The second-order valence-corrected chi connectivity index (χ2v) is 6.20. The molecule has 9 nitrogen and oxygen atoms in total. The van der Waals surface area contributed by atoms with Gasteiger partial charge in [0.1, 0.15) is 23.6 Å². The minimum atomic E-state index is -1.80. The highest BCUT2D eigenvalue weighted by Gasteiger charge is 2.53. The Morgan fingerprint density at radius 1 is 1.35 bits per heavy atom. The van der Waals surface area contributed by atoms with Crippen LogP contribution in [0.25, 0.3) is 0 Å². The fourth-order valence-corrected chi connectivity index (χ4v) is 2.83. The molecule has 4 N–H and O–H groups in total. The van der Waals surface area contributed by atoms with Crippen LogP contribution in [0.1, 0.15) is 23.5 Å². The molecule has 4 atom stereocenters. The molecule has 1 unspecified atom stereocenters. The third-order valence-corrected chi connectivity index (χ3v) is 4.29. The largest absolute Gasteiger partial charge is 0.394 e. The molecule has 1 aliphatic heterocycles. The van der Waals surface area contributed by atoms with Crippen molar-refractivity contribution in [3.63, 3.8) is 0 Å². The second-order valence-electron chi connectivity index (χ2n) is 6.20. The van der Waals surface area contributed by atoms with Crippen LogP contribution in [0.3, 0.4) is 0 Å². The lowest BCUT2D eigenvalue weighted by atomic mass is 9.96. The SMILES string of the molecule is CC1(O)[C@@H](O)[C@@H](CO)O[C@H]1n1ccc(NC(=O)c2ccccc2)nc1=O. The van der Waals surface area contributed by atoms with Crippen LogP contribution in [-0.4, -0.2) is 55.2 Å². The zero-order chi connectivity index (χ0) is 18.9. The molecule has 1 aromatic carbocycles. The molecular weight excluding hydrogens is 342 g/mol. The predicted octanol–water partition coefficient (Wildman–Crippen LogP) is -0.503. The van der Waals surface area contributed by atoms with Crippen molar-refractivity contribution in [3.8, 4) is 0 Å². The minimum absolute atomic E-state index is 0.0389. The zero-order valence-electron chi connectivity index (χ0n) is 13.9. The van der Waals surface area contributed by atoms with Gasteiger partial charge in [-0.15, -0.1) is 0 Å². The fraction of sp³-hybridized carbons (Fsp3) is 0.353. The predicted molar refractivity (Wildman–Crippen MR) is 90.5 cm³/mol. The maximum atomic E-state index is 12.3. The van der Waals surface area contributed by atoms with E-state index in [4.69, 9.17) is 4.74 Å². The highest BCUT2D eigenvalue weighted by atomic mass is 16.6. The molecule has 1 saturated heterocycles. The van der Waals surface area contributed by atoms with E-state index >= 15 is 0 Å². The first kappa shape index (κ1) is 18.2. The van der Waals surface area contributed by atoms with E-state index in [-0.39, 0.29) is 5.82 Å². The van der Waals surface area contributed by atoms with Gasteiger partial charge in [0.15, 0.2) is 6.23 Å².